The molecule has 0 bridgehead atoms. The second-order valence-electron chi connectivity index (χ2n) is 5.45. The Morgan fingerprint density at radius 2 is 1.92 bits per heavy atom. The molecular formula is C18H22N4O2. The standard InChI is InChI=1S/C18H22N4O2/c1-3-23-11-12-24-17(15-9-6-7-13(2)20-15)22-16-10-5-4-8-14(16)21-18(22)19/h4-10,17H,3,11-12H2,1-2H3,(H2,19,21). The number of fused-ring (bicyclic) bond motifs is 1. The predicted molar refractivity (Wildman–Crippen MR) is 93.7 cm³/mol. The molecule has 1 aromatic carbocycles. The fourth-order valence-electron chi connectivity index (χ4n) is 2.67. The Hall–Kier alpha value is -2.44. The number of imidazole rings is 1. The first-order chi connectivity index (χ1) is 11.7. The predicted octanol–water partition coefficient (Wildman–Crippen LogP) is 2.92. The Labute approximate surface area is 141 Å². The van der Waals surface area contributed by atoms with Crippen LogP contribution in [-0.4, -0.2) is 34.4 Å². The Morgan fingerprint density at radius 1 is 1.08 bits per heavy atom. The Kier molecular flexibility index (Phi) is 5.08. The van der Waals surface area contributed by atoms with E-state index in [2.05, 4.69) is 9.97 Å². The summed E-state index contributed by atoms with van der Waals surface area (Å²) in [7, 11) is 0. The summed E-state index contributed by atoms with van der Waals surface area (Å²) < 4.78 is 13.3. The quantitative estimate of drug-likeness (QED) is 0.676. The van der Waals surface area contributed by atoms with E-state index in [1.807, 2.05) is 60.9 Å². The molecule has 6 heteroatoms. The van der Waals surface area contributed by atoms with E-state index in [4.69, 9.17) is 15.2 Å². The van der Waals surface area contributed by atoms with Gasteiger partial charge in [-0.15, -0.1) is 0 Å². The van der Waals surface area contributed by atoms with Crippen LogP contribution in [0.5, 0.6) is 0 Å². The molecule has 0 aliphatic heterocycles. The van der Waals surface area contributed by atoms with Gasteiger partial charge in [-0.1, -0.05) is 18.2 Å². The van der Waals surface area contributed by atoms with Gasteiger partial charge in [0, 0.05) is 12.3 Å². The summed E-state index contributed by atoms with van der Waals surface area (Å²) in [4.78, 5) is 9.03. The first kappa shape index (κ1) is 16.4. The third-order valence-electron chi connectivity index (χ3n) is 3.73. The molecule has 0 saturated carbocycles. The summed E-state index contributed by atoms with van der Waals surface area (Å²) in [5.74, 6) is 0.404. The summed E-state index contributed by atoms with van der Waals surface area (Å²) in [6.07, 6.45) is -0.447. The highest BCUT2D eigenvalue weighted by atomic mass is 16.5. The second-order valence-corrected chi connectivity index (χ2v) is 5.45. The van der Waals surface area contributed by atoms with Gasteiger partial charge in [-0.25, -0.2) is 4.98 Å². The fraction of sp³-hybridized carbons (Fsp3) is 0.333. The minimum absolute atomic E-state index is 0.404. The van der Waals surface area contributed by atoms with Crippen LogP contribution in [0.2, 0.25) is 0 Å². The monoisotopic (exact) mass is 326 g/mol. The van der Waals surface area contributed by atoms with Crippen LogP contribution in [0.3, 0.4) is 0 Å². The molecule has 0 fully saturated rings. The number of nitrogens with zero attached hydrogens (tertiary/aromatic N) is 3. The van der Waals surface area contributed by atoms with Crippen molar-refractivity contribution in [2.45, 2.75) is 20.1 Å². The summed E-state index contributed by atoms with van der Waals surface area (Å²) in [5.41, 5.74) is 9.64. The molecule has 0 aliphatic carbocycles. The molecule has 1 unspecified atom stereocenters. The molecule has 2 aromatic heterocycles. The Morgan fingerprint density at radius 3 is 2.71 bits per heavy atom. The lowest BCUT2D eigenvalue weighted by atomic mass is 10.2. The number of ether oxygens (including phenoxy) is 2. The maximum absolute atomic E-state index is 6.17. The third-order valence-corrected chi connectivity index (χ3v) is 3.73. The van der Waals surface area contributed by atoms with Crippen LogP contribution in [0.4, 0.5) is 5.95 Å². The highest BCUT2D eigenvalue weighted by Crippen LogP contribution is 2.27. The molecule has 6 nitrogen and oxygen atoms in total. The number of hydrogen-bond acceptors (Lipinski definition) is 5. The lowest BCUT2D eigenvalue weighted by Gasteiger charge is -2.21. The first-order valence-corrected chi connectivity index (χ1v) is 8.06. The fourth-order valence-corrected chi connectivity index (χ4v) is 2.67. The lowest BCUT2D eigenvalue weighted by molar-refractivity contribution is -0.00630. The number of hydrogen-bond donors (Lipinski definition) is 1. The minimum atomic E-state index is -0.447. The topological polar surface area (TPSA) is 75.2 Å². The van der Waals surface area contributed by atoms with Crippen molar-refractivity contribution in [3.05, 3.63) is 53.9 Å². The smallest absolute Gasteiger partial charge is 0.203 e. The van der Waals surface area contributed by atoms with E-state index in [9.17, 15) is 0 Å². The summed E-state index contributed by atoms with van der Waals surface area (Å²) >= 11 is 0. The highest BCUT2D eigenvalue weighted by Gasteiger charge is 2.21. The van der Waals surface area contributed by atoms with Crippen LogP contribution in [0.15, 0.2) is 42.5 Å². The second kappa shape index (κ2) is 7.42. The van der Waals surface area contributed by atoms with Crippen LogP contribution >= 0.6 is 0 Å². The molecule has 0 aliphatic rings. The van der Waals surface area contributed by atoms with Gasteiger partial charge in [-0.3, -0.25) is 9.55 Å². The molecule has 3 rings (SSSR count). The Bertz CT molecular complexity index is 816. The molecule has 24 heavy (non-hydrogen) atoms. The van der Waals surface area contributed by atoms with E-state index in [0.717, 1.165) is 22.4 Å². The maximum Gasteiger partial charge on any atom is 0.203 e. The van der Waals surface area contributed by atoms with Crippen molar-refractivity contribution in [1.29, 1.82) is 0 Å². The van der Waals surface area contributed by atoms with E-state index < -0.39 is 6.23 Å². The van der Waals surface area contributed by atoms with Crippen LogP contribution in [0.1, 0.15) is 24.5 Å². The van der Waals surface area contributed by atoms with Gasteiger partial charge in [0.15, 0.2) is 6.23 Å². The van der Waals surface area contributed by atoms with Gasteiger partial charge in [0.25, 0.3) is 0 Å². The average Bonchev–Trinajstić information content (AvgIpc) is 2.91. The number of aromatic nitrogens is 3. The van der Waals surface area contributed by atoms with E-state index in [-0.39, 0.29) is 0 Å². The van der Waals surface area contributed by atoms with Gasteiger partial charge >= 0.3 is 0 Å². The van der Waals surface area contributed by atoms with Gasteiger partial charge in [0.05, 0.1) is 29.9 Å². The van der Waals surface area contributed by atoms with Crippen molar-refractivity contribution in [3.8, 4) is 0 Å². The highest BCUT2D eigenvalue weighted by molar-refractivity contribution is 5.78. The zero-order valence-corrected chi connectivity index (χ0v) is 14.0. The van der Waals surface area contributed by atoms with Crippen molar-refractivity contribution >= 4 is 17.0 Å². The van der Waals surface area contributed by atoms with Crippen molar-refractivity contribution in [2.24, 2.45) is 0 Å². The van der Waals surface area contributed by atoms with Crippen LogP contribution in [0.25, 0.3) is 11.0 Å². The zero-order chi connectivity index (χ0) is 16.9. The molecule has 0 radical (unpaired) electrons. The zero-order valence-electron chi connectivity index (χ0n) is 14.0. The van der Waals surface area contributed by atoms with E-state index in [0.29, 0.717) is 25.8 Å². The van der Waals surface area contributed by atoms with Gasteiger partial charge in [0.2, 0.25) is 5.95 Å². The molecule has 2 heterocycles. The molecule has 126 valence electrons. The van der Waals surface area contributed by atoms with Crippen molar-refractivity contribution in [3.63, 3.8) is 0 Å². The number of para-hydroxylation sites is 2. The molecule has 2 N–H and O–H groups in total. The van der Waals surface area contributed by atoms with Crippen molar-refractivity contribution < 1.29 is 9.47 Å². The SMILES string of the molecule is CCOCCOC(c1cccc(C)n1)n1c(N)nc2ccccc21. The van der Waals surface area contributed by atoms with Gasteiger partial charge in [-0.05, 0) is 38.1 Å². The van der Waals surface area contributed by atoms with Crippen LogP contribution in [-0.2, 0) is 9.47 Å². The summed E-state index contributed by atoms with van der Waals surface area (Å²) in [6.45, 7) is 5.54. The van der Waals surface area contributed by atoms with Crippen molar-refractivity contribution in [2.75, 3.05) is 25.6 Å². The molecule has 0 saturated heterocycles. The van der Waals surface area contributed by atoms with Gasteiger partial charge in [-0.2, -0.15) is 0 Å². The third kappa shape index (κ3) is 3.39. The number of pyridine rings is 1. The number of benzene rings is 1. The lowest BCUT2D eigenvalue weighted by Crippen LogP contribution is -2.20. The summed E-state index contributed by atoms with van der Waals surface area (Å²) in [5, 5.41) is 0. The van der Waals surface area contributed by atoms with E-state index >= 15 is 0 Å². The number of aryl methyl sites for hydroxylation is 1. The number of rotatable bonds is 7. The number of nitrogens with two attached hydrogens (primary N) is 1. The van der Waals surface area contributed by atoms with E-state index in [1.165, 1.54) is 0 Å². The molecule has 0 amide bonds. The molecule has 0 spiro atoms. The summed E-state index contributed by atoms with van der Waals surface area (Å²) in [6, 6.07) is 13.7. The number of nitrogen functional groups attached to an aromatic ring is 1. The van der Waals surface area contributed by atoms with E-state index in [1.54, 1.807) is 0 Å². The number of anilines is 1. The average molecular weight is 326 g/mol. The Balaban J connectivity index is 2.01. The first-order valence-electron chi connectivity index (χ1n) is 8.06. The van der Waals surface area contributed by atoms with Crippen LogP contribution < -0.4 is 5.73 Å². The minimum Gasteiger partial charge on any atom is -0.379 e. The largest absolute Gasteiger partial charge is 0.379 e. The normalized spacial score (nSPS) is 12.6. The van der Waals surface area contributed by atoms with Gasteiger partial charge < -0.3 is 15.2 Å². The van der Waals surface area contributed by atoms with Crippen LogP contribution in [0, 0.1) is 6.92 Å². The maximum atomic E-state index is 6.17. The molecular weight excluding hydrogens is 304 g/mol. The van der Waals surface area contributed by atoms with Gasteiger partial charge in [0.1, 0.15) is 0 Å². The molecule has 1 atom stereocenters. The molecule has 3 aromatic rings. The van der Waals surface area contributed by atoms with Crippen molar-refractivity contribution in [1.82, 2.24) is 14.5 Å².